The van der Waals surface area contributed by atoms with E-state index in [1.165, 1.54) is 7.11 Å². The topological polar surface area (TPSA) is 97.5 Å². The Morgan fingerprint density at radius 3 is 2.30 bits per heavy atom. The number of H-pyrrole nitrogens is 1. The number of benzene rings is 3. The summed E-state index contributed by atoms with van der Waals surface area (Å²) in [5.41, 5.74) is 3.19. The molecule has 4 rings (SSSR count). The summed E-state index contributed by atoms with van der Waals surface area (Å²) >= 11 is 0. The highest BCUT2D eigenvalue weighted by Crippen LogP contribution is 2.30. The molecule has 7 nitrogen and oxygen atoms in total. The van der Waals surface area contributed by atoms with Crippen LogP contribution in [0.5, 0.6) is 5.75 Å². The molecule has 0 spiro atoms. The molecule has 1 amide bonds. The first-order valence-electron chi connectivity index (χ1n) is 10.3. The van der Waals surface area contributed by atoms with Gasteiger partial charge in [-0.2, -0.15) is 0 Å². The fraction of sp³-hybridized carbons (Fsp3) is 0.115. The summed E-state index contributed by atoms with van der Waals surface area (Å²) in [6, 6.07) is 23.4. The summed E-state index contributed by atoms with van der Waals surface area (Å²) in [4.78, 5) is 40.7. The van der Waals surface area contributed by atoms with Crippen molar-refractivity contribution in [3.05, 3.63) is 90.0 Å². The first-order valence-corrected chi connectivity index (χ1v) is 10.3. The number of aromatic amines is 1. The lowest BCUT2D eigenvalue weighted by molar-refractivity contribution is -0.141. The van der Waals surface area contributed by atoms with Crippen LogP contribution in [0.3, 0.4) is 0 Å². The minimum absolute atomic E-state index is 0.332. The summed E-state index contributed by atoms with van der Waals surface area (Å²) in [5, 5.41) is 3.24. The number of methoxy groups -OCH3 is 1. The van der Waals surface area contributed by atoms with Gasteiger partial charge in [0.05, 0.1) is 18.4 Å². The van der Waals surface area contributed by atoms with Crippen LogP contribution in [0.15, 0.2) is 78.9 Å². The second-order valence-electron chi connectivity index (χ2n) is 7.28. The maximum atomic E-state index is 13.0. The number of carbonyl (C=O) groups is 3. The van der Waals surface area contributed by atoms with Crippen LogP contribution in [-0.2, 0) is 9.53 Å². The van der Waals surface area contributed by atoms with Crippen molar-refractivity contribution < 1.29 is 23.9 Å². The van der Waals surface area contributed by atoms with Gasteiger partial charge in [0.25, 0.3) is 5.91 Å². The molecule has 4 aromatic rings. The maximum absolute atomic E-state index is 13.0. The smallest absolute Gasteiger partial charge is 0.325 e. The average molecular weight is 442 g/mol. The van der Waals surface area contributed by atoms with Crippen LogP contribution in [0.25, 0.3) is 22.2 Å². The zero-order valence-corrected chi connectivity index (χ0v) is 18.0. The highest BCUT2D eigenvalue weighted by Gasteiger charge is 2.21. The van der Waals surface area contributed by atoms with E-state index in [1.807, 2.05) is 54.6 Å². The number of Topliss-reactive ketones (excluding diaryl/α,β-unsaturated/α-hetero) is 1. The monoisotopic (exact) mass is 442 g/mol. The number of hydrogen-bond acceptors (Lipinski definition) is 5. The van der Waals surface area contributed by atoms with E-state index >= 15 is 0 Å². The first-order chi connectivity index (χ1) is 16.1. The molecule has 7 heteroatoms. The number of ketones is 1. The molecular formula is C26H22N2O5. The van der Waals surface area contributed by atoms with Crippen molar-refractivity contribution in [3.8, 4) is 17.0 Å². The Balaban J connectivity index is 1.41. The van der Waals surface area contributed by atoms with Crippen molar-refractivity contribution in [2.24, 2.45) is 0 Å². The number of amides is 1. The number of rotatable bonds is 8. The van der Waals surface area contributed by atoms with Crippen LogP contribution < -0.4 is 10.1 Å². The number of para-hydroxylation sites is 1. The molecule has 0 aliphatic rings. The maximum Gasteiger partial charge on any atom is 0.325 e. The van der Waals surface area contributed by atoms with E-state index in [4.69, 9.17) is 9.47 Å². The second kappa shape index (κ2) is 9.82. The number of hydrogen-bond donors (Lipinski definition) is 2. The molecule has 0 atom stereocenters. The van der Waals surface area contributed by atoms with Gasteiger partial charge in [-0.3, -0.25) is 14.4 Å². The van der Waals surface area contributed by atoms with Gasteiger partial charge in [-0.1, -0.05) is 48.5 Å². The SMILES string of the molecule is COc1ccc(C(=O)NCC(=O)OCC(=O)c2c(-c3ccccc3)[nH]c3ccccc23)cc1. The third kappa shape index (κ3) is 4.93. The Labute approximate surface area is 190 Å². The van der Waals surface area contributed by atoms with Gasteiger partial charge in [0.2, 0.25) is 5.78 Å². The minimum atomic E-state index is -0.702. The van der Waals surface area contributed by atoms with Crippen LogP contribution in [0.1, 0.15) is 20.7 Å². The first kappa shape index (κ1) is 21.8. The number of aromatic nitrogens is 1. The van der Waals surface area contributed by atoms with E-state index < -0.39 is 18.5 Å². The summed E-state index contributed by atoms with van der Waals surface area (Å²) in [6.45, 7) is -0.781. The van der Waals surface area contributed by atoms with Crippen molar-refractivity contribution in [1.29, 1.82) is 0 Å². The van der Waals surface area contributed by atoms with Gasteiger partial charge >= 0.3 is 5.97 Å². The Hall–Kier alpha value is -4.39. The number of esters is 1. The van der Waals surface area contributed by atoms with E-state index in [0.29, 0.717) is 22.6 Å². The number of fused-ring (bicyclic) bond motifs is 1. The van der Waals surface area contributed by atoms with Crippen LogP contribution in [0.4, 0.5) is 0 Å². The highest BCUT2D eigenvalue weighted by atomic mass is 16.5. The van der Waals surface area contributed by atoms with E-state index in [9.17, 15) is 14.4 Å². The van der Waals surface area contributed by atoms with Gasteiger partial charge in [0, 0.05) is 16.5 Å². The lowest BCUT2D eigenvalue weighted by Crippen LogP contribution is -2.31. The van der Waals surface area contributed by atoms with Gasteiger partial charge in [-0.05, 0) is 35.9 Å². The van der Waals surface area contributed by atoms with Gasteiger partial charge in [-0.15, -0.1) is 0 Å². The predicted molar refractivity (Wildman–Crippen MR) is 124 cm³/mol. The molecule has 0 saturated heterocycles. The van der Waals surface area contributed by atoms with Crippen LogP contribution in [0, 0.1) is 0 Å². The summed E-state index contributed by atoms with van der Waals surface area (Å²) in [6.07, 6.45) is 0. The molecule has 1 heterocycles. The molecule has 2 N–H and O–H groups in total. The van der Waals surface area contributed by atoms with Crippen molar-refractivity contribution in [2.75, 3.05) is 20.3 Å². The molecule has 33 heavy (non-hydrogen) atoms. The van der Waals surface area contributed by atoms with Gasteiger partial charge in [0.1, 0.15) is 12.3 Å². The molecule has 0 saturated carbocycles. The zero-order chi connectivity index (χ0) is 23.2. The minimum Gasteiger partial charge on any atom is -0.497 e. The van der Waals surface area contributed by atoms with Crippen molar-refractivity contribution >= 4 is 28.6 Å². The fourth-order valence-corrected chi connectivity index (χ4v) is 3.52. The predicted octanol–water partition coefficient (Wildman–Crippen LogP) is 4.00. The molecular weight excluding hydrogens is 420 g/mol. The largest absolute Gasteiger partial charge is 0.497 e. The van der Waals surface area contributed by atoms with Crippen LogP contribution in [-0.4, -0.2) is 42.9 Å². The van der Waals surface area contributed by atoms with Gasteiger partial charge < -0.3 is 19.8 Å². The molecule has 0 unspecified atom stereocenters. The lowest BCUT2D eigenvalue weighted by atomic mass is 10.0. The zero-order valence-electron chi connectivity index (χ0n) is 18.0. The Bertz CT molecular complexity index is 1290. The number of carbonyl (C=O) groups excluding carboxylic acids is 3. The molecule has 166 valence electrons. The molecule has 0 fully saturated rings. The molecule has 3 aromatic carbocycles. The Morgan fingerprint density at radius 1 is 0.879 bits per heavy atom. The van der Waals surface area contributed by atoms with E-state index in [0.717, 1.165) is 16.5 Å². The van der Waals surface area contributed by atoms with E-state index in [1.54, 1.807) is 24.3 Å². The fourth-order valence-electron chi connectivity index (χ4n) is 3.52. The summed E-state index contributed by atoms with van der Waals surface area (Å²) in [7, 11) is 1.53. The van der Waals surface area contributed by atoms with E-state index in [-0.39, 0.29) is 12.3 Å². The van der Waals surface area contributed by atoms with Crippen LogP contribution >= 0.6 is 0 Å². The molecule has 0 bridgehead atoms. The number of nitrogens with one attached hydrogen (secondary N) is 2. The Morgan fingerprint density at radius 2 is 1.58 bits per heavy atom. The Kier molecular flexibility index (Phi) is 6.50. The van der Waals surface area contributed by atoms with Crippen molar-refractivity contribution in [3.63, 3.8) is 0 Å². The normalized spacial score (nSPS) is 10.6. The lowest BCUT2D eigenvalue weighted by Gasteiger charge is -2.08. The number of ether oxygens (including phenoxy) is 2. The van der Waals surface area contributed by atoms with Gasteiger partial charge in [0.15, 0.2) is 6.61 Å². The molecule has 0 aliphatic carbocycles. The van der Waals surface area contributed by atoms with Crippen LogP contribution in [0.2, 0.25) is 0 Å². The molecule has 1 aromatic heterocycles. The standard InChI is InChI=1S/C26H22N2O5/c1-32-19-13-11-18(12-14-19)26(31)27-15-23(30)33-16-22(29)24-20-9-5-6-10-21(20)28-25(24)17-7-3-2-4-8-17/h2-14,28H,15-16H2,1H3,(H,27,31). The second-order valence-corrected chi connectivity index (χ2v) is 7.28. The van der Waals surface area contributed by atoms with Crippen molar-refractivity contribution in [1.82, 2.24) is 10.3 Å². The van der Waals surface area contributed by atoms with E-state index in [2.05, 4.69) is 10.3 Å². The molecule has 0 aliphatic heterocycles. The van der Waals surface area contributed by atoms with Gasteiger partial charge in [-0.25, -0.2) is 0 Å². The summed E-state index contributed by atoms with van der Waals surface area (Å²) < 4.78 is 10.2. The average Bonchev–Trinajstić information content (AvgIpc) is 3.26. The third-order valence-corrected chi connectivity index (χ3v) is 5.16. The quantitative estimate of drug-likeness (QED) is 0.318. The van der Waals surface area contributed by atoms with Crippen molar-refractivity contribution in [2.45, 2.75) is 0 Å². The highest BCUT2D eigenvalue weighted by molar-refractivity contribution is 6.14. The molecule has 0 radical (unpaired) electrons. The summed E-state index contributed by atoms with van der Waals surface area (Å²) in [5.74, 6) is -0.840. The third-order valence-electron chi connectivity index (χ3n) is 5.16.